The highest BCUT2D eigenvalue weighted by atomic mass is 16.7. The first-order valence-electron chi connectivity index (χ1n) is 5.15. The van der Waals surface area contributed by atoms with E-state index in [0.717, 1.165) is 0 Å². The highest BCUT2D eigenvalue weighted by Gasteiger charge is 2.52. The van der Waals surface area contributed by atoms with Crippen molar-refractivity contribution in [2.24, 2.45) is 0 Å². The Kier molecular flexibility index (Phi) is 2.86. The number of hydrogen-bond acceptors (Lipinski definition) is 4. The van der Waals surface area contributed by atoms with E-state index >= 15 is 0 Å². The van der Waals surface area contributed by atoms with Gasteiger partial charge in [0.2, 0.25) is 0 Å². The fraction of sp³-hybridized carbons (Fsp3) is 0.909. The second kappa shape index (κ2) is 3.44. The molecule has 0 radical (unpaired) electrons. The smallest absolute Gasteiger partial charge is 0.154 e. The second-order valence-electron chi connectivity index (χ2n) is 5.60. The van der Waals surface area contributed by atoms with E-state index in [1.54, 1.807) is 7.11 Å². The van der Waals surface area contributed by atoms with Crippen LogP contribution in [0.2, 0.25) is 0 Å². The Labute approximate surface area is 91.4 Å². The SMILES string of the molecule is CON1C(C)(C)CC(O)(C#N)CC1(C)C. The Morgan fingerprint density at radius 1 is 1.20 bits per heavy atom. The summed E-state index contributed by atoms with van der Waals surface area (Å²) in [5.41, 5.74) is -1.94. The Morgan fingerprint density at radius 2 is 1.60 bits per heavy atom. The Balaban J connectivity index is 3.08. The van der Waals surface area contributed by atoms with Gasteiger partial charge in [0, 0.05) is 23.9 Å². The van der Waals surface area contributed by atoms with Crippen LogP contribution >= 0.6 is 0 Å². The molecule has 0 aromatic heterocycles. The first-order valence-corrected chi connectivity index (χ1v) is 5.15. The minimum atomic E-state index is -1.25. The van der Waals surface area contributed by atoms with Crippen molar-refractivity contribution in [1.29, 1.82) is 5.26 Å². The van der Waals surface area contributed by atoms with Crippen molar-refractivity contribution in [3.8, 4) is 6.07 Å². The van der Waals surface area contributed by atoms with Crippen LogP contribution in [0.25, 0.3) is 0 Å². The molecule has 1 N–H and O–H groups in total. The minimum absolute atomic E-state index is 0.346. The molecule has 4 nitrogen and oxygen atoms in total. The summed E-state index contributed by atoms with van der Waals surface area (Å²) in [5.74, 6) is 0. The summed E-state index contributed by atoms with van der Waals surface area (Å²) in [6, 6.07) is 2.01. The minimum Gasteiger partial charge on any atom is -0.375 e. The zero-order valence-corrected chi connectivity index (χ0v) is 10.2. The van der Waals surface area contributed by atoms with E-state index in [9.17, 15) is 5.11 Å². The molecule has 1 aliphatic heterocycles. The van der Waals surface area contributed by atoms with E-state index in [2.05, 4.69) is 0 Å². The summed E-state index contributed by atoms with van der Waals surface area (Å²) in [4.78, 5) is 5.37. The maximum atomic E-state index is 10.1. The van der Waals surface area contributed by atoms with Crippen LogP contribution in [-0.2, 0) is 4.84 Å². The summed E-state index contributed by atoms with van der Waals surface area (Å²) in [7, 11) is 1.63. The van der Waals surface area contributed by atoms with Crippen molar-refractivity contribution in [1.82, 2.24) is 5.06 Å². The highest BCUT2D eigenvalue weighted by molar-refractivity contribution is 5.13. The fourth-order valence-corrected chi connectivity index (χ4v) is 3.03. The fourth-order valence-electron chi connectivity index (χ4n) is 3.03. The molecule has 0 unspecified atom stereocenters. The summed E-state index contributed by atoms with van der Waals surface area (Å²) in [6.07, 6.45) is 0.793. The van der Waals surface area contributed by atoms with Crippen molar-refractivity contribution in [2.45, 2.75) is 57.2 Å². The van der Waals surface area contributed by atoms with Crippen molar-refractivity contribution in [3.05, 3.63) is 0 Å². The molecule has 1 heterocycles. The van der Waals surface area contributed by atoms with Crippen LogP contribution in [-0.4, -0.2) is 34.0 Å². The molecule has 0 aromatic rings. The van der Waals surface area contributed by atoms with Gasteiger partial charge in [0.05, 0.1) is 13.2 Å². The molecule has 15 heavy (non-hydrogen) atoms. The molecule has 0 amide bonds. The monoisotopic (exact) mass is 212 g/mol. The molecular formula is C11H20N2O2. The third-order valence-corrected chi connectivity index (χ3v) is 2.94. The van der Waals surface area contributed by atoms with E-state index in [1.165, 1.54) is 0 Å². The lowest BCUT2D eigenvalue weighted by molar-refractivity contribution is -0.284. The molecule has 1 aliphatic rings. The predicted molar refractivity (Wildman–Crippen MR) is 56.8 cm³/mol. The Bertz CT molecular complexity index is 273. The van der Waals surface area contributed by atoms with Gasteiger partial charge < -0.3 is 9.94 Å². The molecule has 0 spiro atoms. The van der Waals surface area contributed by atoms with Crippen molar-refractivity contribution >= 4 is 0 Å². The molecule has 0 saturated carbocycles. The quantitative estimate of drug-likeness (QED) is 0.668. The van der Waals surface area contributed by atoms with E-state index in [0.29, 0.717) is 12.8 Å². The molecule has 1 fully saturated rings. The van der Waals surface area contributed by atoms with Gasteiger partial charge in [0.1, 0.15) is 0 Å². The molecule has 0 atom stereocenters. The number of aliphatic hydroxyl groups is 1. The van der Waals surface area contributed by atoms with E-state index < -0.39 is 5.60 Å². The van der Waals surface area contributed by atoms with Gasteiger partial charge in [-0.05, 0) is 27.7 Å². The van der Waals surface area contributed by atoms with Crippen molar-refractivity contribution in [2.75, 3.05) is 7.11 Å². The standard InChI is InChI=1S/C11H20N2O2/c1-9(2)6-11(14,8-12)7-10(3,4)13(9)15-5/h14H,6-7H2,1-5H3. The molecule has 0 bridgehead atoms. The third-order valence-electron chi connectivity index (χ3n) is 2.94. The van der Waals surface area contributed by atoms with Gasteiger partial charge in [-0.3, -0.25) is 0 Å². The lowest BCUT2D eigenvalue weighted by Gasteiger charge is -2.54. The number of hydrogen-bond donors (Lipinski definition) is 1. The third kappa shape index (κ3) is 2.15. The van der Waals surface area contributed by atoms with Gasteiger partial charge in [-0.1, -0.05) is 0 Å². The first kappa shape index (κ1) is 12.4. The lowest BCUT2D eigenvalue weighted by atomic mass is 9.73. The summed E-state index contributed by atoms with van der Waals surface area (Å²) < 4.78 is 0. The number of hydroxylamine groups is 2. The van der Waals surface area contributed by atoms with E-state index in [-0.39, 0.29) is 11.1 Å². The normalized spacial score (nSPS) is 28.3. The number of nitrogens with zero attached hydrogens (tertiary/aromatic N) is 2. The van der Waals surface area contributed by atoms with Gasteiger partial charge in [0.15, 0.2) is 5.60 Å². The zero-order valence-electron chi connectivity index (χ0n) is 10.2. The Hall–Kier alpha value is -0.630. The molecule has 1 rings (SSSR count). The Morgan fingerprint density at radius 3 is 1.87 bits per heavy atom. The molecule has 0 aliphatic carbocycles. The maximum Gasteiger partial charge on any atom is 0.154 e. The largest absolute Gasteiger partial charge is 0.375 e. The van der Waals surface area contributed by atoms with Gasteiger partial charge in [-0.2, -0.15) is 10.3 Å². The van der Waals surface area contributed by atoms with Crippen LogP contribution in [0.3, 0.4) is 0 Å². The van der Waals surface area contributed by atoms with Gasteiger partial charge in [0.25, 0.3) is 0 Å². The van der Waals surface area contributed by atoms with Crippen molar-refractivity contribution < 1.29 is 9.94 Å². The van der Waals surface area contributed by atoms with Crippen LogP contribution in [0.1, 0.15) is 40.5 Å². The van der Waals surface area contributed by atoms with Crippen LogP contribution in [0.15, 0.2) is 0 Å². The molecule has 86 valence electrons. The number of piperidine rings is 1. The molecule has 0 aromatic carbocycles. The maximum absolute atomic E-state index is 10.1. The topological polar surface area (TPSA) is 56.5 Å². The average molecular weight is 212 g/mol. The van der Waals surface area contributed by atoms with Gasteiger partial charge in [-0.25, -0.2) is 0 Å². The lowest BCUT2D eigenvalue weighted by Crippen LogP contribution is -2.64. The highest BCUT2D eigenvalue weighted by Crippen LogP contribution is 2.42. The predicted octanol–water partition coefficient (Wildman–Crippen LogP) is 1.46. The summed E-state index contributed by atoms with van der Waals surface area (Å²) in [6.45, 7) is 7.89. The number of nitriles is 1. The van der Waals surface area contributed by atoms with E-state index in [1.807, 2.05) is 38.8 Å². The molecule has 1 saturated heterocycles. The molecular weight excluding hydrogens is 192 g/mol. The van der Waals surface area contributed by atoms with Crippen LogP contribution in [0.5, 0.6) is 0 Å². The second-order valence-corrected chi connectivity index (χ2v) is 5.60. The van der Waals surface area contributed by atoms with Gasteiger partial charge in [-0.15, -0.1) is 0 Å². The summed E-state index contributed by atoms with van der Waals surface area (Å²) in [5, 5.41) is 21.0. The molecule has 4 heteroatoms. The average Bonchev–Trinajstić information content (AvgIpc) is 1.99. The number of rotatable bonds is 1. The van der Waals surface area contributed by atoms with Crippen LogP contribution in [0.4, 0.5) is 0 Å². The first-order chi connectivity index (χ1) is 6.67. The van der Waals surface area contributed by atoms with Crippen LogP contribution in [0, 0.1) is 11.3 Å². The van der Waals surface area contributed by atoms with E-state index in [4.69, 9.17) is 10.1 Å². The summed E-state index contributed by atoms with van der Waals surface area (Å²) >= 11 is 0. The van der Waals surface area contributed by atoms with Gasteiger partial charge >= 0.3 is 0 Å². The van der Waals surface area contributed by atoms with Crippen molar-refractivity contribution in [3.63, 3.8) is 0 Å². The zero-order chi connectivity index (χ0) is 11.9. The van der Waals surface area contributed by atoms with Crippen LogP contribution < -0.4 is 0 Å².